The van der Waals surface area contributed by atoms with E-state index in [2.05, 4.69) is 156 Å². The van der Waals surface area contributed by atoms with E-state index < -0.39 is 5.41 Å². The van der Waals surface area contributed by atoms with Crippen LogP contribution in [0, 0.1) is 0 Å². The summed E-state index contributed by atoms with van der Waals surface area (Å²) in [6.45, 7) is 0. The molecule has 6 aromatic rings. The lowest BCUT2D eigenvalue weighted by atomic mass is 9.64. The predicted molar refractivity (Wildman–Crippen MR) is 162 cm³/mol. The van der Waals surface area contributed by atoms with Gasteiger partial charge in [0.25, 0.3) is 0 Å². The Morgan fingerprint density at radius 3 is 1.64 bits per heavy atom. The van der Waals surface area contributed by atoms with Crippen molar-refractivity contribution < 1.29 is 0 Å². The second kappa shape index (κ2) is 8.47. The third-order valence-electron chi connectivity index (χ3n) is 8.22. The van der Waals surface area contributed by atoms with E-state index in [4.69, 9.17) is 0 Å². The Hall–Kier alpha value is -5.08. The van der Waals surface area contributed by atoms with Gasteiger partial charge in [0, 0.05) is 17.1 Å². The first-order valence-electron chi connectivity index (χ1n) is 13.5. The van der Waals surface area contributed by atoms with Crippen LogP contribution < -0.4 is 10.2 Å². The zero-order chi connectivity index (χ0) is 25.8. The van der Waals surface area contributed by atoms with E-state index in [1.807, 2.05) is 6.07 Å². The van der Waals surface area contributed by atoms with Crippen molar-refractivity contribution in [1.29, 1.82) is 0 Å². The fourth-order valence-electron chi connectivity index (χ4n) is 6.73. The summed E-state index contributed by atoms with van der Waals surface area (Å²) >= 11 is 0. The molecule has 1 spiro atoms. The van der Waals surface area contributed by atoms with Crippen molar-refractivity contribution in [1.82, 2.24) is 0 Å². The van der Waals surface area contributed by atoms with Crippen LogP contribution >= 0.6 is 0 Å². The van der Waals surface area contributed by atoms with E-state index in [9.17, 15) is 0 Å². The van der Waals surface area contributed by atoms with Gasteiger partial charge in [0.2, 0.25) is 0 Å². The Kier molecular flexibility index (Phi) is 4.77. The van der Waals surface area contributed by atoms with Gasteiger partial charge in [-0.2, -0.15) is 0 Å². The molecule has 2 nitrogen and oxygen atoms in total. The van der Waals surface area contributed by atoms with Crippen LogP contribution in [0.25, 0.3) is 11.1 Å². The number of hydrogen-bond acceptors (Lipinski definition) is 2. The van der Waals surface area contributed by atoms with Gasteiger partial charge in [-0.3, -0.25) is 0 Å². The number of nitrogens with zero attached hydrogens (tertiary/aromatic N) is 1. The Balaban J connectivity index is 1.46. The van der Waals surface area contributed by atoms with E-state index in [0.717, 1.165) is 11.4 Å². The number of nitrogens with one attached hydrogen (secondary N) is 1. The minimum Gasteiger partial charge on any atom is -0.356 e. The lowest BCUT2D eigenvalue weighted by Gasteiger charge is -2.45. The first-order valence-corrected chi connectivity index (χ1v) is 13.5. The lowest BCUT2D eigenvalue weighted by Crippen LogP contribution is -2.36. The smallest absolute Gasteiger partial charge is 0.0755 e. The topological polar surface area (TPSA) is 15.3 Å². The van der Waals surface area contributed by atoms with Gasteiger partial charge < -0.3 is 10.2 Å². The van der Waals surface area contributed by atoms with E-state index >= 15 is 0 Å². The highest BCUT2D eigenvalue weighted by molar-refractivity contribution is 5.96. The molecule has 0 atom stereocenters. The molecule has 0 radical (unpaired) electrons. The molecule has 0 saturated carbocycles. The van der Waals surface area contributed by atoms with E-state index in [1.165, 1.54) is 50.4 Å². The van der Waals surface area contributed by atoms with E-state index in [-0.39, 0.29) is 0 Å². The molecular formula is C37H26N2. The van der Waals surface area contributed by atoms with Crippen LogP contribution in [0.4, 0.5) is 28.4 Å². The second-order valence-electron chi connectivity index (χ2n) is 10.3. The van der Waals surface area contributed by atoms with Gasteiger partial charge in [-0.05, 0) is 81.9 Å². The fraction of sp³-hybridized carbons (Fsp3) is 0.0270. The van der Waals surface area contributed by atoms with Gasteiger partial charge in [0.1, 0.15) is 0 Å². The maximum Gasteiger partial charge on any atom is 0.0755 e. The van der Waals surface area contributed by atoms with E-state index in [0.29, 0.717) is 0 Å². The molecule has 6 aromatic carbocycles. The van der Waals surface area contributed by atoms with E-state index in [1.54, 1.807) is 0 Å². The van der Waals surface area contributed by atoms with Crippen molar-refractivity contribution in [2.24, 2.45) is 0 Å². The zero-order valence-corrected chi connectivity index (χ0v) is 21.4. The summed E-state index contributed by atoms with van der Waals surface area (Å²) in [5, 5.41) is 3.65. The molecule has 0 amide bonds. The van der Waals surface area contributed by atoms with Crippen molar-refractivity contribution >= 4 is 28.4 Å². The van der Waals surface area contributed by atoms with Crippen molar-refractivity contribution in [2.75, 3.05) is 10.2 Å². The van der Waals surface area contributed by atoms with Gasteiger partial charge >= 0.3 is 0 Å². The molecule has 2 heteroatoms. The standard InChI is InChI=1S/C37H26N2/c1-3-13-26(14-4-1)38-27-23-24-30-29-17-7-8-18-31(29)37(34(30)25-27)32-19-9-11-21-35(32)39(28-15-5-2-6-16-28)36-22-12-10-20-33(36)37/h1-25,38H. The molecule has 0 unspecified atom stereocenters. The molecule has 39 heavy (non-hydrogen) atoms. The number of benzene rings is 6. The summed E-state index contributed by atoms with van der Waals surface area (Å²) < 4.78 is 0. The number of para-hydroxylation sites is 4. The molecule has 1 aliphatic carbocycles. The molecule has 0 fully saturated rings. The van der Waals surface area contributed by atoms with Crippen LogP contribution in [0.2, 0.25) is 0 Å². The van der Waals surface area contributed by atoms with Gasteiger partial charge in [-0.1, -0.05) is 103 Å². The zero-order valence-electron chi connectivity index (χ0n) is 21.4. The average molecular weight is 499 g/mol. The molecule has 0 bridgehead atoms. The third kappa shape index (κ3) is 3.09. The van der Waals surface area contributed by atoms with Crippen molar-refractivity contribution in [3.63, 3.8) is 0 Å². The lowest BCUT2D eigenvalue weighted by molar-refractivity contribution is 0.753. The minimum atomic E-state index is -0.432. The van der Waals surface area contributed by atoms with Gasteiger partial charge in [-0.15, -0.1) is 0 Å². The molecular weight excluding hydrogens is 472 g/mol. The molecule has 1 heterocycles. The average Bonchev–Trinajstić information content (AvgIpc) is 3.29. The molecule has 1 N–H and O–H groups in total. The van der Waals surface area contributed by atoms with Crippen LogP contribution in [0.5, 0.6) is 0 Å². The highest BCUT2D eigenvalue weighted by atomic mass is 15.2. The first kappa shape index (κ1) is 22.0. The molecule has 1 aliphatic heterocycles. The summed E-state index contributed by atoms with van der Waals surface area (Å²) in [6, 6.07) is 54.8. The normalized spacial score (nSPS) is 13.8. The van der Waals surface area contributed by atoms with Crippen molar-refractivity contribution in [3.8, 4) is 11.1 Å². The maximum atomic E-state index is 3.65. The van der Waals surface area contributed by atoms with Crippen molar-refractivity contribution in [2.45, 2.75) is 5.41 Å². The number of fused-ring (bicyclic) bond motifs is 9. The molecule has 8 rings (SSSR count). The van der Waals surface area contributed by atoms with Crippen LogP contribution in [0.3, 0.4) is 0 Å². The number of hydrogen-bond donors (Lipinski definition) is 1. The summed E-state index contributed by atoms with van der Waals surface area (Å²) in [4.78, 5) is 2.42. The summed E-state index contributed by atoms with van der Waals surface area (Å²) in [5.74, 6) is 0. The highest BCUT2D eigenvalue weighted by Gasteiger charge is 2.51. The second-order valence-corrected chi connectivity index (χ2v) is 10.3. The largest absolute Gasteiger partial charge is 0.356 e. The summed E-state index contributed by atoms with van der Waals surface area (Å²) in [7, 11) is 0. The van der Waals surface area contributed by atoms with Crippen LogP contribution in [-0.4, -0.2) is 0 Å². The van der Waals surface area contributed by atoms with Crippen LogP contribution in [-0.2, 0) is 5.41 Å². The van der Waals surface area contributed by atoms with Gasteiger partial charge in [0.05, 0.1) is 16.8 Å². The molecule has 0 aromatic heterocycles. The number of anilines is 5. The SMILES string of the molecule is c1ccc(Nc2ccc3c(c2)C2(c4ccccc4-3)c3ccccc3N(c3ccccc3)c3ccccc32)cc1. The Morgan fingerprint density at radius 2 is 0.949 bits per heavy atom. The van der Waals surface area contributed by atoms with Gasteiger partial charge in [0.15, 0.2) is 0 Å². The Morgan fingerprint density at radius 1 is 0.410 bits per heavy atom. The van der Waals surface area contributed by atoms with Crippen molar-refractivity contribution in [3.05, 3.63) is 174 Å². The molecule has 184 valence electrons. The highest BCUT2D eigenvalue weighted by Crippen LogP contribution is 2.63. The molecule has 2 aliphatic rings. The quantitative estimate of drug-likeness (QED) is 0.261. The summed E-state index contributed by atoms with van der Waals surface area (Å²) in [5.41, 5.74) is 13.2. The predicted octanol–water partition coefficient (Wildman–Crippen LogP) is 9.58. The third-order valence-corrected chi connectivity index (χ3v) is 8.22. The van der Waals surface area contributed by atoms with Crippen LogP contribution in [0.1, 0.15) is 22.3 Å². The van der Waals surface area contributed by atoms with Gasteiger partial charge in [-0.25, -0.2) is 0 Å². The summed E-state index contributed by atoms with van der Waals surface area (Å²) in [6.07, 6.45) is 0. The Bertz CT molecular complexity index is 1790. The minimum absolute atomic E-state index is 0.432. The monoisotopic (exact) mass is 498 g/mol. The fourth-order valence-corrected chi connectivity index (χ4v) is 6.73. The molecule has 0 saturated heterocycles. The Labute approximate surface area is 228 Å². The number of rotatable bonds is 3. The first-order chi connectivity index (χ1) is 19.4. The van der Waals surface area contributed by atoms with Crippen LogP contribution in [0.15, 0.2) is 152 Å². The maximum absolute atomic E-state index is 3.65.